The Balaban J connectivity index is 1.51. The van der Waals surface area contributed by atoms with E-state index in [2.05, 4.69) is 21.6 Å². The lowest BCUT2D eigenvalue weighted by atomic mass is 10.1. The van der Waals surface area contributed by atoms with E-state index in [-0.39, 0.29) is 5.91 Å². The summed E-state index contributed by atoms with van der Waals surface area (Å²) in [6.45, 7) is 3.30. The molecule has 7 heteroatoms. The number of amides is 1. The van der Waals surface area contributed by atoms with Gasteiger partial charge in [0.25, 0.3) is 5.91 Å². The normalized spacial score (nSPS) is 13.7. The third-order valence-corrected chi connectivity index (χ3v) is 6.19. The number of hydrogen-bond acceptors (Lipinski definition) is 6. The Morgan fingerprint density at radius 1 is 1.44 bits per heavy atom. The number of aromatic nitrogens is 2. The zero-order valence-corrected chi connectivity index (χ0v) is 15.4. The van der Waals surface area contributed by atoms with Gasteiger partial charge >= 0.3 is 0 Å². The fraction of sp³-hybridized carbons (Fsp3) is 0.278. The molecule has 3 aromatic heterocycles. The van der Waals surface area contributed by atoms with Gasteiger partial charge in [-0.15, -0.1) is 11.3 Å². The highest BCUT2D eigenvalue weighted by Gasteiger charge is 2.24. The molecule has 0 aliphatic carbocycles. The van der Waals surface area contributed by atoms with E-state index < -0.39 is 0 Å². The predicted octanol–water partition coefficient (Wildman–Crippen LogP) is 3.93. The number of thioether (sulfide) groups is 1. The average molecular weight is 371 g/mol. The van der Waals surface area contributed by atoms with Crippen molar-refractivity contribution in [2.24, 2.45) is 0 Å². The molecule has 4 heterocycles. The van der Waals surface area contributed by atoms with Crippen LogP contribution in [0.3, 0.4) is 0 Å². The Morgan fingerprint density at radius 2 is 2.36 bits per heavy atom. The lowest BCUT2D eigenvalue weighted by Gasteiger charge is -2.27. The molecule has 0 N–H and O–H groups in total. The van der Waals surface area contributed by atoms with E-state index in [1.165, 1.54) is 22.2 Å². The molecule has 0 radical (unpaired) electrons. The third-order valence-electron chi connectivity index (χ3n) is 4.13. The molecule has 1 aliphatic heterocycles. The average Bonchev–Trinajstić information content (AvgIpc) is 3.27. The molecule has 25 heavy (non-hydrogen) atoms. The van der Waals surface area contributed by atoms with Crippen molar-refractivity contribution in [1.29, 1.82) is 0 Å². The van der Waals surface area contributed by atoms with Crippen LogP contribution in [0.1, 0.15) is 32.3 Å². The van der Waals surface area contributed by atoms with Gasteiger partial charge in [0.1, 0.15) is 10.8 Å². The van der Waals surface area contributed by atoms with Crippen LogP contribution < -0.4 is 0 Å². The molecule has 1 amide bonds. The number of carbonyl (C=O) groups excluding carboxylic acids is 1. The van der Waals surface area contributed by atoms with Crippen molar-refractivity contribution in [3.63, 3.8) is 0 Å². The first-order valence-electron chi connectivity index (χ1n) is 8.05. The Hall–Kier alpha value is -2.12. The second-order valence-corrected chi connectivity index (χ2v) is 7.88. The molecule has 0 aromatic carbocycles. The van der Waals surface area contributed by atoms with Crippen LogP contribution in [0.25, 0.3) is 0 Å². The zero-order valence-electron chi connectivity index (χ0n) is 13.8. The first kappa shape index (κ1) is 16.4. The Kier molecular flexibility index (Phi) is 4.59. The van der Waals surface area contributed by atoms with Gasteiger partial charge in [0.2, 0.25) is 0 Å². The molecule has 1 aliphatic rings. The lowest BCUT2D eigenvalue weighted by molar-refractivity contribution is 0.0731. The van der Waals surface area contributed by atoms with Crippen LogP contribution in [0.15, 0.2) is 45.4 Å². The fourth-order valence-electron chi connectivity index (χ4n) is 2.89. The number of aryl methyl sites for hydroxylation is 1. The van der Waals surface area contributed by atoms with Crippen LogP contribution in [-0.4, -0.2) is 27.5 Å². The highest BCUT2D eigenvalue weighted by atomic mass is 32.2. The van der Waals surface area contributed by atoms with Gasteiger partial charge in [0.05, 0.1) is 11.3 Å². The predicted molar refractivity (Wildman–Crippen MR) is 97.8 cm³/mol. The van der Waals surface area contributed by atoms with E-state index in [1.54, 1.807) is 17.5 Å². The van der Waals surface area contributed by atoms with E-state index in [1.807, 2.05) is 30.0 Å². The summed E-state index contributed by atoms with van der Waals surface area (Å²) in [4.78, 5) is 20.7. The molecule has 5 nitrogen and oxygen atoms in total. The second-order valence-electron chi connectivity index (χ2n) is 5.92. The number of nitrogens with zero attached hydrogens (tertiary/aromatic N) is 3. The topological polar surface area (TPSA) is 59.2 Å². The highest BCUT2D eigenvalue weighted by Crippen LogP contribution is 2.28. The van der Waals surface area contributed by atoms with Crippen molar-refractivity contribution >= 4 is 29.0 Å². The van der Waals surface area contributed by atoms with Crippen molar-refractivity contribution in [2.75, 3.05) is 6.54 Å². The number of fused-ring (bicyclic) bond motifs is 1. The smallest absolute Gasteiger partial charge is 0.256 e. The van der Waals surface area contributed by atoms with E-state index in [0.29, 0.717) is 17.9 Å². The molecule has 128 valence electrons. The summed E-state index contributed by atoms with van der Waals surface area (Å²) in [5.41, 5.74) is 2.78. The minimum atomic E-state index is 0.0452. The Labute approximate surface area is 154 Å². The van der Waals surface area contributed by atoms with Gasteiger partial charge in [-0.05, 0) is 42.5 Å². The van der Waals surface area contributed by atoms with Gasteiger partial charge in [-0.2, -0.15) is 0 Å². The summed E-state index contributed by atoms with van der Waals surface area (Å²) in [6.07, 6.45) is 2.65. The van der Waals surface area contributed by atoms with Gasteiger partial charge in [-0.25, -0.2) is 4.98 Å². The van der Waals surface area contributed by atoms with Crippen LogP contribution in [-0.2, 0) is 18.7 Å². The molecule has 0 saturated carbocycles. The summed E-state index contributed by atoms with van der Waals surface area (Å²) in [5.74, 6) is 1.46. The first-order valence-corrected chi connectivity index (χ1v) is 9.92. The number of carbonyl (C=O) groups is 1. The largest absolute Gasteiger partial charge is 0.361 e. The fourth-order valence-corrected chi connectivity index (χ4v) is 4.65. The van der Waals surface area contributed by atoms with Crippen LogP contribution in [0.4, 0.5) is 0 Å². The van der Waals surface area contributed by atoms with Crippen LogP contribution in [0.5, 0.6) is 0 Å². The summed E-state index contributed by atoms with van der Waals surface area (Å²) >= 11 is 3.29. The molecular formula is C18H17N3O2S2. The molecule has 0 saturated heterocycles. The van der Waals surface area contributed by atoms with Crippen molar-refractivity contribution in [2.45, 2.75) is 30.7 Å². The number of pyridine rings is 1. The Bertz CT molecular complexity index is 903. The van der Waals surface area contributed by atoms with Crippen molar-refractivity contribution in [3.8, 4) is 0 Å². The maximum Gasteiger partial charge on any atom is 0.256 e. The molecule has 0 spiro atoms. The maximum absolute atomic E-state index is 13.0. The van der Waals surface area contributed by atoms with Crippen LogP contribution in [0.2, 0.25) is 0 Å². The van der Waals surface area contributed by atoms with Gasteiger partial charge < -0.3 is 9.42 Å². The van der Waals surface area contributed by atoms with E-state index in [9.17, 15) is 4.79 Å². The quantitative estimate of drug-likeness (QED) is 0.650. The van der Waals surface area contributed by atoms with E-state index in [0.717, 1.165) is 29.4 Å². The monoisotopic (exact) mass is 371 g/mol. The number of thiophene rings is 1. The first-order chi connectivity index (χ1) is 12.2. The standard InChI is InChI=1S/C18H17N3O2S2/c1-12-9-14(20-23-12)11-25-17-15(3-2-6-19-17)18(22)21-7-4-16-13(10-21)5-8-24-16/h2-3,5-6,8-9H,4,7,10-11H2,1H3. The second kappa shape index (κ2) is 7.01. The molecule has 0 bridgehead atoms. The van der Waals surface area contributed by atoms with E-state index >= 15 is 0 Å². The minimum absolute atomic E-state index is 0.0452. The maximum atomic E-state index is 13.0. The summed E-state index contributed by atoms with van der Waals surface area (Å²) < 4.78 is 5.09. The van der Waals surface area contributed by atoms with Crippen molar-refractivity contribution in [3.05, 3.63) is 63.3 Å². The lowest BCUT2D eigenvalue weighted by Crippen LogP contribution is -2.35. The summed E-state index contributed by atoms with van der Waals surface area (Å²) in [7, 11) is 0. The molecule has 0 fully saturated rings. The number of rotatable bonds is 4. The summed E-state index contributed by atoms with van der Waals surface area (Å²) in [5, 5.41) is 6.84. The number of hydrogen-bond donors (Lipinski definition) is 0. The van der Waals surface area contributed by atoms with Gasteiger partial charge in [-0.3, -0.25) is 4.79 Å². The Morgan fingerprint density at radius 3 is 3.20 bits per heavy atom. The molecule has 3 aromatic rings. The molecular weight excluding hydrogens is 354 g/mol. The van der Waals surface area contributed by atoms with E-state index in [4.69, 9.17) is 4.52 Å². The summed E-state index contributed by atoms with van der Waals surface area (Å²) in [6, 6.07) is 7.69. The molecule has 0 atom stereocenters. The third kappa shape index (κ3) is 3.48. The van der Waals surface area contributed by atoms with Gasteiger partial charge in [-0.1, -0.05) is 16.9 Å². The van der Waals surface area contributed by atoms with Crippen LogP contribution in [0, 0.1) is 6.92 Å². The molecule has 4 rings (SSSR count). The minimum Gasteiger partial charge on any atom is -0.361 e. The molecule has 0 unspecified atom stereocenters. The van der Waals surface area contributed by atoms with Gasteiger partial charge in [0, 0.05) is 36.0 Å². The zero-order chi connectivity index (χ0) is 17.2. The van der Waals surface area contributed by atoms with Crippen LogP contribution >= 0.6 is 23.1 Å². The SMILES string of the molecule is Cc1cc(CSc2ncccc2C(=O)N2CCc3sccc3C2)no1. The van der Waals surface area contributed by atoms with Crippen molar-refractivity contribution in [1.82, 2.24) is 15.0 Å². The van der Waals surface area contributed by atoms with Crippen molar-refractivity contribution < 1.29 is 9.32 Å². The highest BCUT2D eigenvalue weighted by molar-refractivity contribution is 7.98. The van der Waals surface area contributed by atoms with Gasteiger partial charge in [0.15, 0.2) is 0 Å².